The van der Waals surface area contributed by atoms with Gasteiger partial charge in [-0.3, -0.25) is 4.55 Å². The Hall–Kier alpha value is 1.17. The van der Waals surface area contributed by atoms with Crippen LogP contribution in [-0.4, -0.2) is 56.5 Å². The standard InChI is InChI=1S/C2H6O3S.Ca.2H/c1-2-6(3,4)5;;;/h2H2,1H3,(H,3,4,5);;;/q;+2;2*-1. The van der Waals surface area contributed by atoms with Crippen molar-refractivity contribution in [2.45, 2.75) is 6.92 Å². The molecule has 0 rings (SSSR count). The minimum absolute atomic E-state index is 0. The van der Waals surface area contributed by atoms with Gasteiger partial charge in [0.2, 0.25) is 0 Å². The van der Waals surface area contributed by atoms with E-state index in [0.29, 0.717) is 0 Å². The number of hydrogen-bond acceptors (Lipinski definition) is 2. The van der Waals surface area contributed by atoms with Crippen molar-refractivity contribution in [3.63, 3.8) is 0 Å². The second kappa shape index (κ2) is 4.09. The van der Waals surface area contributed by atoms with Crippen molar-refractivity contribution >= 4 is 47.9 Å². The van der Waals surface area contributed by atoms with Crippen molar-refractivity contribution < 1.29 is 15.8 Å². The van der Waals surface area contributed by atoms with Gasteiger partial charge in [-0.1, -0.05) is 0 Å². The molecule has 0 aliphatic rings. The second-order valence-corrected chi connectivity index (χ2v) is 2.61. The van der Waals surface area contributed by atoms with Gasteiger partial charge in [0.05, 0.1) is 5.75 Å². The first-order valence-electron chi connectivity index (χ1n) is 1.51. The van der Waals surface area contributed by atoms with Gasteiger partial charge in [-0.25, -0.2) is 0 Å². The van der Waals surface area contributed by atoms with Crippen LogP contribution in [-0.2, 0) is 10.1 Å². The van der Waals surface area contributed by atoms with E-state index in [9.17, 15) is 8.42 Å². The molecule has 0 aromatic heterocycles. The molecule has 0 aliphatic heterocycles. The molecule has 0 saturated carbocycles. The van der Waals surface area contributed by atoms with Crippen LogP contribution in [0.5, 0.6) is 0 Å². The van der Waals surface area contributed by atoms with Crippen LogP contribution in [0.2, 0.25) is 0 Å². The zero-order chi connectivity index (χ0) is 5.21. The molecule has 3 nitrogen and oxygen atoms in total. The largest absolute Gasteiger partial charge is 2.00 e. The third-order valence-electron chi connectivity index (χ3n) is 0.365. The fourth-order valence-corrected chi connectivity index (χ4v) is 0. The summed E-state index contributed by atoms with van der Waals surface area (Å²) >= 11 is 0. The maximum absolute atomic E-state index is 9.56. The fraction of sp³-hybridized carbons (Fsp3) is 1.00. The van der Waals surface area contributed by atoms with Gasteiger partial charge in [0.15, 0.2) is 0 Å². The Bertz CT molecular complexity index is 122. The van der Waals surface area contributed by atoms with E-state index in [2.05, 4.69) is 0 Å². The zero-order valence-corrected chi connectivity index (χ0v) is 7.11. The Morgan fingerprint density at radius 2 is 1.86 bits per heavy atom. The van der Waals surface area contributed by atoms with E-state index in [0.717, 1.165) is 0 Å². The Balaban J connectivity index is -0.0000000417. The Morgan fingerprint density at radius 1 is 1.71 bits per heavy atom. The molecule has 0 heterocycles. The molecule has 0 aliphatic carbocycles. The van der Waals surface area contributed by atoms with Crippen molar-refractivity contribution in [1.29, 1.82) is 0 Å². The average molecular weight is 152 g/mol. The Labute approximate surface area is 75.8 Å². The number of rotatable bonds is 1. The summed E-state index contributed by atoms with van der Waals surface area (Å²) in [6.07, 6.45) is 0. The molecule has 0 fully saturated rings. The van der Waals surface area contributed by atoms with Gasteiger partial charge in [-0.15, -0.1) is 0 Å². The molecule has 7 heavy (non-hydrogen) atoms. The summed E-state index contributed by atoms with van der Waals surface area (Å²) in [6.45, 7) is 1.37. The molecule has 5 heteroatoms. The summed E-state index contributed by atoms with van der Waals surface area (Å²) in [4.78, 5) is 0. The van der Waals surface area contributed by atoms with Crippen molar-refractivity contribution in [2.75, 3.05) is 5.75 Å². The third kappa shape index (κ3) is 11.0. The smallest absolute Gasteiger partial charge is 1.00 e. The molecule has 0 aromatic carbocycles. The second-order valence-electron chi connectivity index (χ2n) is 0.871. The number of hydrogen-bond donors (Lipinski definition) is 1. The summed E-state index contributed by atoms with van der Waals surface area (Å²) in [5.74, 6) is -0.201. The van der Waals surface area contributed by atoms with Crippen LogP contribution in [0, 0.1) is 0 Å². The van der Waals surface area contributed by atoms with Gasteiger partial charge in [-0.05, 0) is 6.92 Å². The molecule has 0 saturated heterocycles. The van der Waals surface area contributed by atoms with Gasteiger partial charge in [0.1, 0.15) is 0 Å². The van der Waals surface area contributed by atoms with Crippen molar-refractivity contribution in [3.05, 3.63) is 0 Å². The predicted octanol–water partition coefficient (Wildman–Crippen LogP) is -0.262. The summed E-state index contributed by atoms with van der Waals surface area (Å²) in [5.41, 5.74) is 0. The van der Waals surface area contributed by atoms with Gasteiger partial charge >= 0.3 is 37.7 Å². The minimum atomic E-state index is -3.66. The molecule has 1 N–H and O–H groups in total. The topological polar surface area (TPSA) is 54.4 Å². The predicted molar refractivity (Wildman–Crippen MR) is 30.1 cm³/mol. The molecular formula is C2H8CaO3S. The van der Waals surface area contributed by atoms with Crippen LogP contribution in [0.4, 0.5) is 0 Å². The maximum Gasteiger partial charge on any atom is 2.00 e. The quantitative estimate of drug-likeness (QED) is 0.416. The van der Waals surface area contributed by atoms with Crippen molar-refractivity contribution in [2.24, 2.45) is 0 Å². The van der Waals surface area contributed by atoms with Crippen LogP contribution in [0.1, 0.15) is 9.78 Å². The summed E-state index contributed by atoms with van der Waals surface area (Å²) in [6, 6.07) is 0. The summed E-state index contributed by atoms with van der Waals surface area (Å²) in [7, 11) is -3.66. The van der Waals surface area contributed by atoms with E-state index in [4.69, 9.17) is 4.55 Å². The molecule has 0 bridgehead atoms. The first kappa shape index (κ1) is 11.0. The summed E-state index contributed by atoms with van der Waals surface area (Å²) < 4.78 is 26.9. The van der Waals surface area contributed by atoms with Gasteiger partial charge in [0, 0.05) is 0 Å². The Kier molecular flexibility index (Phi) is 6.44. The van der Waals surface area contributed by atoms with Crippen LogP contribution in [0.3, 0.4) is 0 Å². The SMILES string of the molecule is CCS(=O)(=O)O.[Ca+2].[H-].[H-]. The van der Waals surface area contributed by atoms with E-state index in [-0.39, 0.29) is 46.3 Å². The van der Waals surface area contributed by atoms with Crippen LogP contribution in [0.25, 0.3) is 0 Å². The van der Waals surface area contributed by atoms with E-state index < -0.39 is 10.1 Å². The fourth-order valence-electron chi connectivity index (χ4n) is 0. The molecular weight excluding hydrogens is 144 g/mol. The zero-order valence-electron chi connectivity index (χ0n) is 6.09. The molecule has 0 spiro atoms. The molecule has 0 unspecified atom stereocenters. The van der Waals surface area contributed by atoms with E-state index in [1.807, 2.05) is 0 Å². The van der Waals surface area contributed by atoms with Gasteiger partial charge in [0.25, 0.3) is 10.1 Å². The van der Waals surface area contributed by atoms with Crippen LogP contribution in [0.15, 0.2) is 0 Å². The van der Waals surface area contributed by atoms with E-state index >= 15 is 0 Å². The van der Waals surface area contributed by atoms with E-state index in [1.54, 1.807) is 0 Å². The first-order chi connectivity index (χ1) is 2.56. The van der Waals surface area contributed by atoms with Crippen molar-refractivity contribution in [1.82, 2.24) is 0 Å². The van der Waals surface area contributed by atoms with Gasteiger partial charge < -0.3 is 2.85 Å². The molecule has 42 valence electrons. The molecule has 0 radical (unpaired) electrons. The summed E-state index contributed by atoms with van der Waals surface area (Å²) in [5, 5.41) is 0. The monoisotopic (exact) mass is 152 g/mol. The molecule has 0 atom stereocenters. The first-order valence-corrected chi connectivity index (χ1v) is 3.12. The molecule has 0 amide bonds. The maximum atomic E-state index is 9.56. The minimum Gasteiger partial charge on any atom is -1.00 e. The van der Waals surface area contributed by atoms with Crippen LogP contribution < -0.4 is 0 Å². The van der Waals surface area contributed by atoms with E-state index in [1.165, 1.54) is 6.92 Å². The van der Waals surface area contributed by atoms with Gasteiger partial charge in [-0.2, -0.15) is 8.42 Å². The van der Waals surface area contributed by atoms with Crippen LogP contribution >= 0.6 is 0 Å². The van der Waals surface area contributed by atoms with Crippen molar-refractivity contribution in [3.8, 4) is 0 Å². The normalized spacial score (nSPS) is 10.0. The third-order valence-corrected chi connectivity index (χ3v) is 1.09. The molecule has 0 aromatic rings. The Morgan fingerprint density at radius 3 is 1.86 bits per heavy atom. The average Bonchev–Trinajstić information content (AvgIpc) is 1.35.